The predicted molar refractivity (Wildman–Crippen MR) is 184 cm³/mol. The van der Waals surface area contributed by atoms with Gasteiger partial charge in [-0.15, -0.1) is 0 Å². The molecule has 10 nitrogen and oxygen atoms in total. The molecule has 1 heterocycles. The van der Waals surface area contributed by atoms with Gasteiger partial charge in [0, 0.05) is 57.9 Å². The van der Waals surface area contributed by atoms with Crippen LogP contribution in [0.3, 0.4) is 0 Å². The number of aromatic nitrogens is 2. The van der Waals surface area contributed by atoms with Crippen LogP contribution in [-0.4, -0.2) is 95.2 Å². The van der Waals surface area contributed by atoms with Crippen LogP contribution in [0, 0.1) is 0 Å². The van der Waals surface area contributed by atoms with Crippen molar-refractivity contribution in [1.29, 1.82) is 0 Å². The van der Waals surface area contributed by atoms with Gasteiger partial charge in [-0.05, 0) is 12.5 Å². The van der Waals surface area contributed by atoms with Crippen molar-refractivity contribution in [3.63, 3.8) is 0 Å². The van der Waals surface area contributed by atoms with E-state index in [0.717, 1.165) is 19.1 Å². The Balaban J connectivity index is 2.13. The van der Waals surface area contributed by atoms with E-state index < -0.39 is 37.8 Å². The molecule has 13 heteroatoms. The Hall–Kier alpha value is -0.990. The number of ether oxygens (including phenoxy) is 3. The lowest BCUT2D eigenvalue weighted by Crippen LogP contribution is -2.31. The van der Waals surface area contributed by atoms with Crippen molar-refractivity contribution in [1.82, 2.24) is 9.97 Å². The van der Waals surface area contributed by atoms with Crippen LogP contribution in [0.5, 0.6) is 6.01 Å². The molecule has 0 aromatic carbocycles. The van der Waals surface area contributed by atoms with Gasteiger partial charge in [0.1, 0.15) is 6.10 Å². The maximum Gasteiger partial charge on any atom is 0.316 e. The van der Waals surface area contributed by atoms with E-state index in [0.29, 0.717) is 6.61 Å². The summed E-state index contributed by atoms with van der Waals surface area (Å²) in [5.74, 6) is 1.03. The average molecular weight is 697 g/mol. The average Bonchev–Trinajstić information content (AvgIpc) is 3.01. The molecule has 264 valence electrons. The summed E-state index contributed by atoms with van der Waals surface area (Å²) < 4.78 is 68.4. The quantitative estimate of drug-likeness (QED) is 0.0638. The lowest BCUT2D eigenvalue weighted by Gasteiger charge is -2.17. The Kier molecular flexibility index (Phi) is 27.2. The summed E-state index contributed by atoms with van der Waals surface area (Å²) in [6, 6.07) is 1.91. The third-order valence-electron chi connectivity index (χ3n) is 7.15. The molecule has 1 aromatic heterocycles. The Morgan fingerprint density at radius 1 is 0.667 bits per heavy atom. The molecule has 3 atom stereocenters. The van der Waals surface area contributed by atoms with Crippen molar-refractivity contribution in [3.05, 3.63) is 18.5 Å². The van der Waals surface area contributed by atoms with E-state index in [4.69, 9.17) is 14.2 Å². The molecule has 0 aliphatic heterocycles. The standard InChI is InChI=1S/C32H60N2O8S3/c1-3-4-5-6-7-8-9-10-11-12-13-14-15-16-17-18-22-40-29-31(42-32-33-20-19-21-34-32)30-44(36)28-27-43(35)26-25-39-23-24-41-45(2,37)38/h19-21,31H,3-18,22-30H2,1-2H3. The lowest BCUT2D eigenvalue weighted by molar-refractivity contribution is 0.0538. The fraction of sp³-hybridized carbons (Fsp3) is 0.875. The summed E-state index contributed by atoms with van der Waals surface area (Å²) in [4.78, 5) is 8.21. The minimum absolute atomic E-state index is 0.0798. The Morgan fingerprint density at radius 2 is 1.20 bits per heavy atom. The first kappa shape index (κ1) is 42.0. The normalized spacial score (nSPS) is 13.9. The first-order valence-corrected chi connectivity index (χ1v) is 21.7. The van der Waals surface area contributed by atoms with Crippen LogP contribution in [0.25, 0.3) is 0 Å². The van der Waals surface area contributed by atoms with Crippen molar-refractivity contribution in [3.8, 4) is 6.01 Å². The van der Waals surface area contributed by atoms with Gasteiger partial charge in [0.2, 0.25) is 0 Å². The maximum absolute atomic E-state index is 12.7. The molecular formula is C32H60N2O8S3. The van der Waals surface area contributed by atoms with Gasteiger partial charge in [0.25, 0.3) is 10.1 Å². The van der Waals surface area contributed by atoms with Gasteiger partial charge in [0.05, 0.1) is 38.4 Å². The Labute approximate surface area is 278 Å². The zero-order valence-corrected chi connectivity index (χ0v) is 30.3. The van der Waals surface area contributed by atoms with Crippen molar-refractivity contribution in [2.24, 2.45) is 0 Å². The molecule has 45 heavy (non-hydrogen) atoms. The van der Waals surface area contributed by atoms with E-state index in [1.165, 1.54) is 89.9 Å². The SMILES string of the molecule is CCCCCCCCCCCCCCCCCCOCC(CS(=O)CCS(=O)CCOCCOS(C)(=O)=O)Oc1ncccn1. The molecule has 0 radical (unpaired) electrons. The topological polar surface area (TPSA) is 131 Å². The van der Waals surface area contributed by atoms with Crippen LogP contribution in [0.1, 0.15) is 110 Å². The van der Waals surface area contributed by atoms with Crippen LogP contribution < -0.4 is 4.74 Å². The smallest absolute Gasteiger partial charge is 0.316 e. The molecule has 3 unspecified atom stereocenters. The molecule has 0 bridgehead atoms. The molecule has 0 aliphatic carbocycles. The molecular weight excluding hydrogens is 637 g/mol. The highest BCUT2D eigenvalue weighted by atomic mass is 32.2. The lowest BCUT2D eigenvalue weighted by atomic mass is 10.0. The minimum Gasteiger partial charge on any atom is -0.457 e. The number of nitrogens with zero attached hydrogens (tertiary/aromatic N) is 2. The predicted octanol–water partition coefficient (Wildman–Crippen LogP) is 5.99. The fourth-order valence-electron chi connectivity index (χ4n) is 4.66. The molecule has 1 rings (SSSR count). The first-order valence-electron chi connectivity index (χ1n) is 16.9. The largest absolute Gasteiger partial charge is 0.457 e. The summed E-state index contributed by atoms with van der Waals surface area (Å²) in [5, 5.41) is 0. The fourth-order valence-corrected chi connectivity index (χ4v) is 7.77. The highest BCUT2D eigenvalue weighted by Gasteiger charge is 2.17. The highest BCUT2D eigenvalue weighted by Crippen LogP contribution is 2.14. The minimum atomic E-state index is -3.50. The Bertz CT molecular complexity index is 970. The third kappa shape index (κ3) is 28.9. The zero-order chi connectivity index (χ0) is 32.9. The van der Waals surface area contributed by atoms with Crippen LogP contribution in [0.2, 0.25) is 0 Å². The van der Waals surface area contributed by atoms with E-state index in [1.807, 2.05) is 0 Å². The first-order chi connectivity index (χ1) is 21.8. The highest BCUT2D eigenvalue weighted by molar-refractivity contribution is 7.88. The molecule has 0 saturated carbocycles. The van der Waals surface area contributed by atoms with Gasteiger partial charge >= 0.3 is 6.01 Å². The second-order valence-corrected chi connectivity index (χ2v) is 16.4. The van der Waals surface area contributed by atoms with Crippen LogP contribution in [0.15, 0.2) is 18.5 Å². The Morgan fingerprint density at radius 3 is 1.76 bits per heavy atom. The summed E-state index contributed by atoms with van der Waals surface area (Å²) in [5.41, 5.74) is 0. The summed E-state index contributed by atoms with van der Waals surface area (Å²) in [6.45, 7) is 3.40. The van der Waals surface area contributed by atoms with E-state index in [1.54, 1.807) is 18.5 Å². The monoisotopic (exact) mass is 696 g/mol. The van der Waals surface area contributed by atoms with Gasteiger partial charge in [-0.3, -0.25) is 12.6 Å². The van der Waals surface area contributed by atoms with Crippen LogP contribution >= 0.6 is 0 Å². The van der Waals surface area contributed by atoms with Gasteiger partial charge in [-0.1, -0.05) is 103 Å². The van der Waals surface area contributed by atoms with Gasteiger partial charge in [-0.2, -0.15) is 8.42 Å². The van der Waals surface area contributed by atoms with Gasteiger partial charge in [0.15, 0.2) is 0 Å². The number of rotatable bonds is 33. The summed E-state index contributed by atoms with van der Waals surface area (Å²) in [6.07, 6.45) is 24.8. The summed E-state index contributed by atoms with van der Waals surface area (Å²) >= 11 is 0. The number of hydrogen-bond donors (Lipinski definition) is 0. The van der Waals surface area contributed by atoms with Crippen LogP contribution in [-0.2, 0) is 45.4 Å². The van der Waals surface area contributed by atoms with E-state index >= 15 is 0 Å². The van der Waals surface area contributed by atoms with E-state index in [2.05, 4.69) is 21.1 Å². The molecule has 0 spiro atoms. The van der Waals surface area contributed by atoms with Gasteiger partial charge < -0.3 is 14.2 Å². The molecule has 1 aromatic rings. The van der Waals surface area contributed by atoms with E-state index in [9.17, 15) is 16.8 Å². The van der Waals surface area contributed by atoms with Gasteiger partial charge in [-0.25, -0.2) is 9.97 Å². The molecule has 0 aliphatic rings. The zero-order valence-electron chi connectivity index (χ0n) is 27.9. The third-order valence-corrected chi connectivity index (χ3v) is 10.7. The molecule has 0 fully saturated rings. The second kappa shape index (κ2) is 29.2. The maximum atomic E-state index is 12.7. The summed E-state index contributed by atoms with van der Waals surface area (Å²) in [7, 11) is -5.97. The second-order valence-electron chi connectivity index (χ2n) is 11.4. The van der Waals surface area contributed by atoms with Crippen molar-refractivity contribution < 1.29 is 35.2 Å². The van der Waals surface area contributed by atoms with Crippen molar-refractivity contribution in [2.75, 3.05) is 62.3 Å². The number of hydrogen-bond acceptors (Lipinski definition) is 10. The van der Waals surface area contributed by atoms with E-state index in [-0.39, 0.29) is 55.4 Å². The van der Waals surface area contributed by atoms with Crippen molar-refractivity contribution >= 4 is 31.7 Å². The molecule has 0 N–H and O–H groups in total. The molecule has 0 saturated heterocycles. The molecule has 0 amide bonds. The van der Waals surface area contributed by atoms with Crippen LogP contribution in [0.4, 0.5) is 0 Å². The number of unbranched alkanes of at least 4 members (excludes halogenated alkanes) is 15. The van der Waals surface area contributed by atoms with Crippen molar-refractivity contribution in [2.45, 2.75) is 116 Å².